The molecule has 5 heteroatoms. The first-order chi connectivity index (χ1) is 11.0. The Balaban J connectivity index is 1.76. The first-order valence-corrected chi connectivity index (χ1v) is 8.85. The second-order valence-corrected chi connectivity index (χ2v) is 7.33. The SMILES string of the molecule is Cc1csc(-c2cccc(C(=O)N(C)CC3(O)CCCC3)c2)n1. The molecule has 0 aliphatic heterocycles. The minimum atomic E-state index is -0.714. The number of aromatic nitrogens is 1. The topological polar surface area (TPSA) is 53.4 Å². The van der Waals surface area contributed by atoms with Crippen LogP contribution >= 0.6 is 11.3 Å². The van der Waals surface area contributed by atoms with E-state index in [-0.39, 0.29) is 5.91 Å². The molecule has 0 unspecified atom stereocenters. The van der Waals surface area contributed by atoms with E-state index in [1.807, 2.05) is 36.6 Å². The summed E-state index contributed by atoms with van der Waals surface area (Å²) in [6.07, 6.45) is 3.64. The Morgan fingerprint density at radius 1 is 1.39 bits per heavy atom. The second-order valence-electron chi connectivity index (χ2n) is 6.47. The van der Waals surface area contributed by atoms with Gasteiger partial charge in [0.1, 0.15) is 5.01 Å². The molecule has 122 valence electrons. The van der Waals surface area contributed by atoms with Crippen molar-refractivity contribution in [3.05, 3.63) is 40.9 Å². The normalized spacial score (nSPS) is 16.5. The van der Waals surface area contributed by atoms with Crippen molar-refractivity contribution in [1.29, 1.82) is 0 Å². The van der Waals surface area contributed by atoms with Crippen molar-refractivity contribution < 1.29 is 9.90 Å². The predicted molar refractivity (Wildman–Crippen MR) is 92.7 cm³/mol. The molecule has 1 saturated carbocycles. The molecule has 1 aromatic heterocycles. The Bertz CT molecular complexity index is 705. The molecule has 2 aromatic rings. The Labute approximate surface area is 140 Å². The molecule has 1 heterocycles. The lowest BCUT2D eigenvalue weighted by Gasteiger charge is -2.28. The maximum absolute atomic E-state index is 12.7. The van der Waals surface area contributed by atoms with Gasteiger partial charge >= 0.3 is 0 Å². The molecule has 1 amide bonds. The van der Waals surface area contributed by atoms with Gasteiger partial charge in [0.2, 0.25) is 0 Å². The summed E-state index contributed by atoms with van der Waals surface area (Å²) in [6.45, 7) is 2.36. The van der Waals surface area contributed by atoms with E-state index in [0.717, 1.165) is 41.9 Å². The van der Waals surface area contributed by atoms with Crippen LogP contribution in [0.2, 0.25) is 0 Å². The van der Waals surface area contributed by atoms with E-state index in [1.165, 1.54) is 0 Å². The average Bonchev–Trinajstić information content (AvgIpc) is 3.15. The summed E-state index contributed by atoms with van der Waals surface area (Å²) in [4.78, 5) is 18.8. The van der Waals surface area contributed by atoms with E-state index >= 15 is 0 Å². The molecular weight excluding hydrogens is 308 g/mol. The number of likely N-dealkylation sites (N-methyl/N-ethyl adjacent to an activating group) is 1. The quantitative estimate of drug-likeness (QED) is 0.933. The van der Waals surface area contributed by atoms with Gasteiger partial charge in [0.15, 0.2) is 0 Å². The highest BCUT2D eigenvalue weighted by Crippen LogP contribution is 2.30. The van der Waals surface area contributed by atoms with Gasteiger partial charge in [0, 0.05) is 35.8 Å². The van der Waals surface area contributed by atoms with Crippen molar-refractivity contribution in [2.24, 2.45) is 0 Å². The lowest BCUT2D eigenvalue weighted by atomic mass is 10.0. The van der Waals surface area contributed by atoms with Crippen molar-refractivity contribution >= 4 is 17.2 Å². The number of aliphatic hydroxyl groups is 1. The number of hydrogen-bond donors (Lipinski definition) is 1. The summed E-state index contributed by atoms with van der Waals surface area (Å²) in [7, 11) is 1.76. The van der Waals surface area contributed by atoms with E-state index in [9.17, 15) is 9.90 Å². The Kier molecular flexibility index (Phi) is 4.50. The molecule has 1 aliphatic rings. The molecule has 1 aromatic carbocycles. The minimum absolute atomic E-state index is 0.0551. The van der Waals surface area contributed by atoms with Crippen LogP contribution < -0.4 is 0 Å². The zero-order valence-electron chi connectivity index (χ0n) is 13.6. The van der Waals surface area contributed by atoms with Crippen LogP contribution in [0.25, 0.3) is 10.6 Å². The fourth-order valence-electron chi connectivity index (χ4n) is 3.20. The molecule has 1 fully saturated rings. The van der Waals surface area contributed by atoms with Crippen LogP contribution in [0.5, 0.6) is 0 Å². The van der Waals surface area contributed by atoms with Crippen LogP contribution in [0.15, 0.2) is 29.6 Å². The third-order valence-electron chi connectivity index (χ3n) is 4.39. The molecule has 4 nitrogen and oxygen atoms in total. The van der Waals surface area contributed by atoms with Crippen molar-refractivity contribution in [3.63, 3.8) is 0 Å². The fraction of sp³-hybridized carbons (Fsp3) is 0.444. The smallest absolute Gasteiger partial charge is 0.253 e. The Morgan fingerprint density at radius 3 is 2.78 bits per heavy atom. The lowest BCUT2D eigenvalue weighted by molar-refractivity contribution is 0.0157. The standard InChI is InChI=1S/C18H22N2O2S/c1-13-11-23-16(19-13)14-6-5-7-15(10-14)17(21)20(2)12-18(22)8-3-4-9-18/h5-7,10-11,22H,3-4,8-9,12H2,1-2H3. The highest BCUT2D eigenvalue weighted by Gasteiger charge is 2.33. The number of nitrogens with zero attached hydrogens (tertiary/aromatic N) is 2. The molecule has 1 N–H and O–H groups in total. The summed E-state index contributed by atoms with van der Waals surface area (Å²) in [5.74, 6) is -0.0551. The van der Waals surface area contributed by atoms with Crippen LogP contribution in [-0.4, -0.2) is 40.1 Å². The van der Waals surface area contributed by atoms with Gasteiger partial charge in [0.25, 0.3) is 5.91 Å². The second kappa shape index (κ2) is 6.42. The first kappa shape index (κ1) is 16.1. The van der Waals surface area contributed by atoms with Gasteiger partial charge in [-0.3, -0.25) is 4.79 Å². The van der Waals surface area contributed by atoms with Gasteiger partial charge in [-0.05, 0) is 31.9 Å². The van der Waals surface area contributed by atoms with Gasteiger partial charge in [-0.25, -0.2) is 4.98 Å². The summed E-state index contributed by atoms with van der Waals surface area (Å²) in [5, 5.41) is 13.4. The molecule has 0 bridgehead atoms. The number of carbonyl (C=O) groups excluding carboxylic acids is 1. The van der Waals surface area contributed by atoms with Gasteiger partial charge in [-0.1, -0.05) is 25.0 Å². The van der Waals surface area contributed by atoms with Gasteiger partial charge in [-0.2, -0.15) is 0 Å². The van der Waals surface area contributed by atoms with E-state index < -0.39 is 5.60 Å². The summed E-state index contributed by atoms with van der Waals surface area (Å²) in [6, 6.07) is 7.56. The minimum Gasteiger partial charge on any atom is -0.388 e. The molecule has 3 rings (SSSR count). The third-order valence-corrected chi connectivity index (χ3v) is 5.40. The van der Waals surface area contributed by atoms with Crippen molar-refractivity contribution in [2.45, 2.75) is 38.2 Å². The Hall–Kier alpha value is -1.72. The zero-order chi connectivity index (χ0) is 16.4. The number of hydrogen-bond acceptors (Lipinski definition) is 4. The van der Waals surface area contributed by atoms with E-state index in [4.69, 9.17) is 0 Å². The first-order valence-electron chi connectivity index (χ1n) is 7.97. The van der Waals surface area contributed by atoms with E-state index in [0.29, 0.717) is 12.1 Å². The number of benzene rings is 1. The molecule has 1 aliphatic carbocycles. The largest absolute Gasteiger partial charge is 0.388 e. The highest BCUT2D eigenvalue weighted by atomic mass is 32.1. The van der Waals surface area contributed by atoms with Crippen molar-refractivity contribution in [1.82, 2.24) is 9.88 Å². The molecule has 0 radical (unpaired) electrons. The zero-order valence-corrected chi connectivity index (χ0v) is 14.4. The molecule has 0 atom stereocenters. The van der Waals surface area contributed by atoms with Crippen LogP contribution in [0, 0.1) is 6.92 Å². The molecule has 0 saturated heterocycles. The fourth-order valence-corrected chi connectivity index (χ4v) is 3.99. The highest BCUT2D eigenvalue weighted by molar-refractivity contribution is 7.13. The summed E-state index contributed by atoms with van der Waals surface area (Å²) >= 11 is 1.58. The van der Waals surface area contributed by atoms with E-state index in [1.54, 1.807) is 23.3 Å². The molecule has 23 heavy (non-hydrogen) atoms. The Morgan fingerprint density at radius 2 is 2.13 bits per heavy atom. The van der Waals surface area contributed by atoms with E-state index in [2.05, 4.69) is 4.98 Å². The predicted octanol–water partition coefficient (Wildman–Crippen LogP) is 3.50. The average molecular weight is 330 g/mol. The van der Waals surface area contributed by atoms with Gasteiger partial charge in [0.05, 0.1) is 5.60 Å². The number of carbonyl (C=O) groups is 1. The maximum atomic E-state index is 12.7. The maximum Gasteiger partial charge on any atom is 0.253 e. The van der Waals surface area contributed by atoms with Gasteiger partial charge < -0.3 is 10.0 Å². The van der Waals surface area contributed by atoms with Crippen LogP contribution in [0.4, 0.5) is 0 Å². The summed E-state index contributed by atoms with van der Waals surface area (Å²) < 4.78 is 0. The number of rotatable bonds is 4. The summed E-state index contributed by atoms with van der Waals surface area (Å²) in [5.41, 5.74) is 1.87. The third kappa shape index (κ3) is 3.62. The van der Waals surface area contributed by atoms with Crippen molar-refractivity contribution in [3.8, 4) is 10.6 Å². The number of aryl methyl sites for hydroxylation is 1. The molecule has 0 spiro atoms. The molecular formula is C18H22N2O2S. The number of thiazole rings is 1. The number of amides is 1. The van der Waals surface area contributed by atoms with Gasteiger partial charge in [-0.15, -0.1) is 11.3 Å². The van der Waals surface area contributed by atoms with Crippen LogP contribution in [0.1, 0.15) is 41.7 Å². The van der Waals surface area contributed by atoms with Crippen LogP contribution in [-0.2, 0) is 0 Å². The van der Waals surface area contributed by atoms with Crippen molar-refractivity contribution in [2.75, 3.05) is 13.6 Å². The lowest BCUT2D eigenvalue weighted by Crippen LogP contribution is -2.42. The van der Waals surface area contributed by atoms with Crippen LogP contribution in [0.3, 0.4) is 0 Å². The monoisotopic (exact) mass is 330 g/mol.